The topological polar surface area (TPSA) is 34.5 Å². The van der Waals surface area contributed by atoms with Gasteiger partial charge in [0.15, 0.2) is 10.2 Å². The number of rotatable bonds is 8. The molecule has 0 saturated heterocycles. The molecule has 3 nitrogen and oxygen atoms in total. The molecule has 0 atom stereocenters. The monoisotopic (exact) mass is 336 g/mol. The minimum Gasteiger partial charge on any atom is -0.395 e. The molecule has 2 rings (SSSR count). The first kappa shape index (κ1) is 16.4. The smallest absolute Gasteiger partial charge is 0.301 e. The Bertz CT molecular complexity index is 538. The van der Waals surface area contributed by atoms with E-state index in [0.717, 1.165) is 10.6 Å². The lowest BCUT2D eigenvalue weighted by Gasteiger charge is -1.95. The molecule has 1 aromatic heterocycles. The van der Waals surface area contributed by atoms with Crippen molar-refractivity contribution in [2.75, 3.05) is 12.4 Å². The predicted octanol–water partition coefficient (Wildman–Crippen LogP) is 4.77. The maximum atomic E-state index is 12.7. The molecule has 0 amide bonds. The highest BCUT2D eigenvalue weighted by molar-refractivity contribution is 8.01. The number of aryl methyl sites for hydroxylation is 1. The number of nitrogens with zero attached hydrogens (tertiary/aromatic N) is 2. The third kappa shape index (κ3) is 5.70. The molecule has 1 aliphatic rings. The molecule has 0 unspecified atom stereocenters. The highest BCUT2D eigenvalue weighted by atomic mass is 32.2. The van der Waals surface area contributed by atoms with E-state index in [1.54, 1.807) is 6.21 Å². The molecule has 0 aliphatic heterocycles. The normalized spacial score (nSPS) is 14.7. The van der Waals surface area contributed by atoms with Gasteiger partial charge in [-0.1, -0.05) is 16.9 Å². The third-order valence-electron chi connectivity index (χ3n) is 2.82. The fraction of sp³-hybridized carbons (Fsp3) is 0.538. The van der Waals surface area contributed by atoms with Crippen molar-refractivity contribution in [2.24, 2.45) is 11.1 Å². The Morgan fingerprint density at radius 3 is 2.90 bits per heavy atom. The number of halogens is 3. The summed E-state index contributed by atoms with van der Waals surface area (Å²) in [7, 11) is 0. The maximum absolute atomic E-state index is 12.7. The van der Waals surface area contributed by atoms with Gasteiger partial charge in [-0.15, -0.1) is 11.3 Å². The minimum atomic E-state index is -2.24. The van der Waals surface area contributed by atoms with E-state index >= 15 is 0 Å². The number of allylic oxidation sites excluding steroid dienone is 1. The molecule has 1 fully saturated rings. The fourth-order valence-corrected chi connectivity index (χ4v) is 3.48. The van der Waals surface area contributed by atoms with Gasteiger partial charge in [0.2, 0.25) is 0 Å². The average Bonchev–Trinajstić information content (AvgIpc) is 3.19. The molecule has 1 aliphatic carbocycles. The summed E-state index contributed by atoms with van der Waals surface area (Å²) < 4.78 is 37.2. The number of aromatic nitrogens is 1. The van der Waals surface area contributed by atoms with Crippen LogP contribution in [0, 0.1) is 12.8 Å². The van der Waals surface area contributed by atoms with E-state index < -0.39 is 11.9 Å². The number of hydrogen-bond donors (Lipinski definition) is 0. The Kier molecular flexibility index (Phi) is 6.10. The van der Waals surface area contributed by atoms with E-state index in [-0.39, 0.29) is 12.2 Å². The number of thioether (sulfide) groups is 1. The van der Waals surface area contributed by atoms with Gasteiger partial charge in [-0.3, -0.25) is 0 Å². The molecule has 0 bridgehead atoms. The van der Waals surface area contributed by atoms with Crippen molar-refractivity contribution in [1.82, 2.24) is 4.98 Å². The Morgan fingerprint density at radius 2 is 2.24 bits per heavy atom. The highest BCUT2D eigenvalue weighted by Crippen LogP contribution is 2.29. The molecule has 0 spiro atoms. The van der Waals surface area contributed by atoms with Gasteiger partial charge in [0, 0.05) is 12.2 Å². The molecule has 1 aromatic rings. The van der Waals surface area contributed by atoms with E-state index in [1.807, 2.05) is 6.92 Å². The molecule has 1 heterocycles. The summed E-state index contributed by atoms with van der Waals surface area (Å²) in [4.78, 5) is 10.3. The van der Waals surface area contributed by atoms with Crippen molar-refractivity contribution < 1.29 is 18.0 Å². The Morgan fingerprint density at radius 1 is 1.48 bits per heavy atom. The molecule has 21 heavy (non-hydrogen) atoms. The van der Waals surface area contributed by atoms with Gasteiger partial charge < -0.3 is 4.84 Å². The summed E-state index contributed by atoms with van der Waals surface area (Å²) in [6, 6.07) is 0. The van der Waals surface area contributed by atoms with E-state index in [2.05, 4.69) is 10.1 Å². The highest BCUT2D eigenvalue weighted by Gasteiger charge is 2.21. The van der Waals surface area contributed by atoms with Gasteiger partial charge in [-0.05, 0) is 25.7 Å². The number of hydrogen-bond acceptors (Lipinski definition) is 5. The van der Waals surface area contributed by atoms with Gasteiger partial charge in [0.25, 0.3) is 0 Å². The first-order chi connectivity index (χ1) is 10.1. The Labute approximate surface area is 129 Å². The van der Waals surface area contributed by atoms with Crippen LogP contribution in [0.15, 0.2) is 21.4 Å². The second-order valence-corrected chi connectivity index (χ2v) is 7.04. The van der Waals surface area contributed by atoms with Crippen molar-refractivity contribution in [3.8, 4) is 0 Å². The van der Waals surface area contributed by atoms with E-state index in [4.69, 9.17) is 4.84 Å². The molecule has 0 radical (unpaired) electrons. The molecular formula is C13H15F3N2OS2. The Hall–Kier alpha value is -1.02. The second-order valence-electron chi connectivity index (χ2n) is 4.67. The molecule has 0 N–H and O–H groups in total. The SMILES string of the molecule is Cc1nc(SCCC(F)=C(F)F)sc1C=NOCC1CC1. The van der Waals surface area contributed by atoms with Crippen LogP contribution in [-0.2, 0) is 4.84 Å². The standard InChI is InChI=1S/C13H15F3N2OS2/c1-8-11(6-17-19-7-9-2-3-9)21-13(18-8)20-5-4-10(14)12(15)16/h6,9H,2-5,7H2,1H3. The van der Waals surface area contributed by atoms with Crippen molar-refractivity contribution in [2.45, 2.75) is 30.5 Å². The van der Waals surface area contributed by atoms with Crippen LogP contribution in [0.2, 0.25) is 0 Å². The van der Waals surface area contributed by atoms with Gasteiger partial charge in [0.05, 0.1) is 16.8 Å². The zero-order chi connectivity index (χ0) is 15.2. The van der Waals surface area contributed by atoms with Crippen LogP contribution in [0.25, 0.3) is 0 Å². The largest absolute Gasteiger partial charge is 0.395 e. The van der Waals surface area contributed by atoms with Crippen LogP contribution >= 0.6 is 23.1 Å². The minimum absolute atomic E-state index is 0.227. The lowest BCUT2D eigenvalue weighted by Crippen LogP contribution is -1.90. The number of thiazole rings is 1. The average molecular weight is 336 g/mol. The molecule has 116 valence electrons. The summed E-state index contributed by atoms with van der Waals surface area (Å²) in [5, 5.41) is 3.90. The first-order valence-electron chi connectivity index (χ1n) is 6.51. The molecule has 1 saturated carbocycles. The maximum Gasteiger partial charge on any atom is 0.301 e. The summed E-state index contributed by atoms with van der Waals surface area (Å²) in [6.07, 6.45) is 1.49. The second kappa shape index (κ2) is 7.84. The van der Waals surface area contributed by atoms with Crippen molar-refractivity contribution >= 4 is 29.3 Å². The van der Waals surface area contributed by atoms with Crippen molar-refractivity contribution in [3.63, 3.8) is 0 Å². The van der Waals surface area contributed by atoms with Gasteiger partial charge in [-0.2, -0.15) is 8.78 Å². The molecule has 0 aromatic carbocycles. The summed E-state index contributed by atoms with van der Waals surface area (Å²) in [5.74, 6) is -0.481. The summed E-state index contributed by atoms with van der Waals surface area (Å²) >= 11 is 2.64. The summed E-state index contributed by atoms with van der Waals surface area (Å²) in [5.41, 5.74) is 0.800. The van der Waals surface area contributed by atoms with Crippen LogP contribution in [0.3, 0.4) is 0 Å². The Balaban J connectivity index is 1.79. The quantitative estimate of drug-likeness (QED) is 0.389. The molecule has 8 heteroatoms. The third-order valence-corrected chi connectivity index (χ3v) is 5.05. The lowest BCUT2D eigenvalue weighted by molar-refractivity contribution is 0.135. The van der Waals surface area contributed by atoms with Crippen LogP contribution in [0.5, 0.6) is 0 Å². The van der Waals surface area contributed by atoms with Crippen molar-refractivity contribution in [3.05, 3.63) is 22.5 Å². The zero-order valence-corrected chi connectivity index (χ0v) is 13.1. The van der Waals surface area contributed by atoms with Crippen LogP contribution in [0.4, 0.5) is 13.2 Å². The molecular weight excluding hydrogens is 321 g/mol. The van der Waals surface area contributed by atoms with E-state index in [9.17, 15) is 13.2 Å². The van der Waals surface area contributed by atoms with E-state index in [0.29, 0.717) is 16.9 Å². The van der Waals surface area contributed by atoms with Crippen LogP contribution in [-0.4, -0.2) is 23.6 Å². The van der Waals surface area contributed by atoms with E-state index in [1.165, 1.54) is 35.9 Å². The van der Waals surface area contributed by atoms with Crippen LogP contribution < -0.4 is 0 Å². The predicted molar refractivity (Wildman–Crippen MR) is 78.8 cm³/mol. The van der Waals surface area contributed by atoms with Gasteiger partial charge in [0.1, 0.15) is 6.61 Å². The number of oxime groups is 1. The van der Waals surface area contributed by atoms with Gasteiger partial charge >= 0.3 is 6.08 Å². The summed E-state index contributed by atoms with van der Waals surface area (Å²) in [6.45, 7) is 2.49. The van der Waals surface area contributed by atoms with Crippen LogP contribution in [0.1, 0.15) is 29.8 Å². The lowest BCUT2D eigenvalue weighted by atomic mass is 10.4. The fourth-order valence-electron chi connectivity index (χ4n) is 1.40. The first-order valence-corrected chi connectivity index (χ1v) is 8.31. The zero-order valence-electron chi connectivity index (χ0n) is 11.4. The van der Waals surface area contributed by atoms with Crippen molar-refractivity contribution in [1.29, 1.82) is 0 Å². The van der Waals surface area contributed by atoms with Gasteiger partial charge in [-0.25, -0.2) is 9.37 Å².